The van der Waals surface area contributed by atoms with Gasteiger partial charge in [-0.05, 0) is 45.0 Å². The number of ether oxygens (including phenoxy) is 2. The molecule has 23 heavy (non-hydrogen) atoms. The third-order valence-corrected chi connectivity index (χ3v) is 3.48. The number of hydrogen-bond donors (Lipinski definition) is 0. The molecule has 0 aliphatic heterocycles. The van der Waals surface area contributed by atoms with Gasteiger partial charge in [-0.2, -0.15) is 0 Å². The van der Waals surface area contributed by atoms with Crippen molar-refractivity contribution >= 4 is 10.9 Å². The molecule has 0 aliphatic rings. The Kier molecular flexibility index (Phi) is 3.95. The molecule has 3 aromatic rings. The predicted molar refractivity (Wildman–Crippen MR) is 94.1 cm³/mol. The van der Waals surface area contributed by atoms with Crippen LogP contribution in [0.2, 0.25) is 0 Å². The van der Waals surface area contributed by atoms with Gasteiger partial charge >= 0.3 is 0 Å². The Labute approximate surface area is 136 Å². The van der Waals surface area contributed by atoms with E-state index in [2.05, 4.69) is 0 Å². The number of benzene rings is 2. The molecule has 0 N–H and O–H groups in total. The molecule has 3 heteroatoms. The fourth-order valence-corrected chi connectivity index (χ4v) is 2.55. The Morgan fingerprint density at radius 3 is 2.30 bits per heavy atom. The summed E-state index contributed by atoms with van der Waals surface area (Å²) in [5.74, 6) is 1.64. The van der Waals surface area contributed by atoms with Gasteiger partial charge in [0.2, 0.25) is 0 Å². The van der Waals surface area contributed by atoms with Gasteiger partial charge in [0.15, 0.2) is 0 Å². The molecule has 0 bridgehead atoms. The number of pyridine rings is 1. The van der Waals surface area contributed by atoms with E-state index in [1.165, 1.54) is 0 Å². The number of nitrogens with zero attached hydrogens (tertiary/aromatic N) is 1. The zero-order valence-corrected chi connectivity index (χ0v) is 14.0. The SMILES string of the molecule is COc1ccccc1-c1cc(OC(C)(C)C)c2ccccc2n1. The van der Waals surface area contributed by atoms with E-state index in [0.29, 0.717) is 0 Å². The maximum absolute atomic E-state index is 6.17. The lowest BCUT2D eigenvalue weighted by Gasteiger charge is -2.23. The molecule has 0 aliphatic carbocycles. The summed E-state index contributed by atoms with van der Waals surface area (Å²) in [5, 5.41) is 1.01. The van der Waals surface area contributed by atoms with Crippen LogP contribution in [0.1, 0.15) is 20.8 Å². The molecule has 1 heterocycles. The second-order valence-electron chi connectivity index (χ2n) is 6.44. The van der Waals surface area contributed by atoms with Crippen LogP contribution in [0.25, 0.3) is 22.2 Å². The lowest BCUT2D eigenvalue weighted by atomic mass is 10.1. The topological polar surface area (TPSA) is 31.4 Å². The summed E-state index contributed by atoms with van der Waals surface area (Å²) < 4.78 is 11.6. The number of methoxy groups -OCH3 is 1. The van der Waals surface area contributed by atoms with Crippen LogP contribution in [0.15, 0.2) is 54.6 Å². The molecule has 0 unspecified atom stereocenters. The summed E-state index contributed by atoms with van der Waals surface area (Å²) in [6.45, 7) is 6.14. The van der Waals surface area contributed by atoms with Crippen LogP contribution in [-0.2, 0) is 0 Å². The summed E-state index contributed by atoms with van der Waals surface area (Å²) in [5.41, 5.74) is 2.44. The quantitative estimate of drug-likeness (QED) is 0.675. The van der Waals surface area contributed by atoms with Gasteiger partial charge in [-0.15, -0.1) is 0 Å². The molecule has 0 saturated heterocycles. The van der Waals surface area contributed by atoms with Crippen LogP contribution < -0.4 is 9.47 Å². The van der Waals surface area contributed by atoms with Crippen molar-refractivity contribution in [2.24, 2.45) is 0 Å². The lowest BCUT2D eigenvalue weighted by molar-refractivity contribution is 0.133. The smallest absolute Gasteiger partial charge is 0.131 e. The van der Waals surface area contributed by atoms with Crippen molar-refractivity contribution in [3.8, 4) is 22.8 Å². The van der Waals surface area contributed by atoms with Crippen molar-refractivity contribution in [2.75, 3.05) is 7.11 Å². The fourth-order valence-electron chi connectivity index (χ4n) is 2.55. The number of fused-ring (bicyclic) bond motifs is 1. The van der Waals surface area contributed by atoms with Crippen LogP contribution in [0, 0.1) is 0 Å². The highest BCUT2D eigenvalue weighted by Crippen LogP contribution is 2.35. The molecular weight excluding hydrogens is 286 g/mol. The van der Waals surface area contributed by atoms with Crippen molar-refractivity contribution in [3.63, 3.8) is 0 Å². The minimum atomic E-state index is -0.276. The minimum absolute atomic E-state index is 0.276. The van der Waals surface area contributed by atoms with Gasteiger partial charge in [0, 0.05) is 17.0 Å². The van der Waals surface area contributed by atoms with E-state index in [-0.39, 0.29) is 5.60 Å². The van der Waals surface area contributed by atoms with Crippen LogP contribution >= 0.6 is 0 Å². The molecule has 118 valence electrons. The molecule has 1 aromatic heterocycles. The summed E-state index contributed by atoms with van der Waals surface area (Å²) in [6, 6.07) is 17.9. The summed E-state index contributed by atoms with van der Waals surface area (Å²) in [7, 11) is 1.67. The van der Waals surface area contributed by atoms with E-state index >= 15 is 0 Å². The van der Waals surface area contributed by atoms with Crippen molar-refractivity contribution in [1.29, 1.82) is 0 Å². The Morgan fingerprint density at radius 2 is 1.57 bits per heavy atom. The summed E-state index contributed by atoms with van der Waals surface area (Å²) in [6.07, 6.45) is 0. The average molecular weight is 307 g/mol. The number of aromatic nitrogens is 1. The third-order valence-electron chi connectivity index (χ3n) is 3.48. The molecule has 3 rings (SSSR count). The molecule has 2 aromatic carbocycles. The molecule has 0 radical (unpaired) electrons. The lowest BCUT2D eigenvalue weighted by Crippen LogP contribution is -2.23. The van der Waals surface area contributed by atoms with Gasteiger partial charge in [0.25, 0.3) is 0 Å². The Morgan fingerprint density at radius 1 is 0.870 bits per heavy atom. The second kappa shape index (κ2) is 5.92. The summed E-state index contributed by atoms with van der Waals surface area (Å²) >= 11 is 0. The zero-order valence-electron chi connectivity index (χ0n) is 14.0. The molecule has 0 spiro atoms. The van der Waals surface area contributed by atoms with Crippen molar-refractivity contribution in [2.45, 2.75) is 26.4 Å². The maximum atomic E-state index is 6.17. The molecule has 3 nitrogen and oxygen atoms in total. The largest absolute Gasteiger partial charge is 0.496 e. The molecule has 0 saturated carbocycles. The van der Waals surface area contributed by atoms with Gasteiger partial charge in [-0.3, -0.25) is 0 Å². The molecule has 0 fully saturated rings. The third kappa shape index (κ3) is 3.29. The van der Waals surface area contributed by atoms with Crippen LogP contribution in [0.4, 0.5) is 0 Å². The number of hydrogen-bond acceptors (Lipinski definition) is 3. The Bertz CT molecular complexity index is 834. The average Bonchev–Trinajstić information content (AvgIpc) is 2.53. The highest BCUT2D eigenvalue weighted by atomic mass is 16.5. The highest BCUT2D eigenvalue weighted by Gasteiger charge is 2.17. The van der Waals surface area contributed by atoms with E-state index < -0.39 is 0 Å². The number of para-hydroxylation sites is 2. The first-order chi connectivity index (χ1) is 11.0. The zero-order chi connectivity index (χ0) is 16.4. The van der Waals surface area contributed by atoms with E-state index in [4.69, 9.17) is 14.5 Å². The Balaban J connectivity index is 2.22. The monoisotopic (exact) mass is 307 g/mol. The van der Waals surface area contributed by atoms with E-state index in [1.807, 2.05) is 75.4 Å². The van der Waals surface area contributed by atoms with Gasteiger partial charge in [0.05, 0.1) is 18.3 Å². The van der Waals surface area contributed by atoms with Crippen LogP contribution in [0.3, 0.4) is 0 Å². The van der Waals surface area contributed by atoms with Crippen molar-refractivity contribution in [1.82, 2.24) is 4.98 Å². The Hall–Kier alpha value is -2.55. The fraction of sp³-hybridized carbons (Fsp3) is 0.250. The predicted octanol–water partition coefficient (Wildman–Crippen LogP) is 5.09. The normalized spacial score (nSPS) is 11.5. The van der Waals surface area contributed by atoms with E-state index in [9.17, 15) is 0 Å². The van der Waals surface area contributed by atoms with Crippen LogP contribution in [0.5, 0.6) is 11.5 Å². The molecular formula is C20H21NO2. The summed E-state index contributed by atoms with van der Waals surface area (Å²) in [4.78, 5) is 4.78. The number of rotatable bonds is 3. The van der Waals surface area contributed by atoms with Gasteiger partial charge < -0.3 is 9.47 Å². The van der Waals surface area contributed by atoms with E-state index in [1.54, 1.807) is 7.11 Å². The first-order valence-electron chi connectivity index (χ1n) is 7.70. The standard InChI is InChI=1S/C20H21NO2/c1-20(2,3)23-19-13-17(15-10-6-8-12-18(15)22-4)21-16-11-7-5-9-14(16)19/h5-13H,1-4H3. The highest BCUT2D eigenvalue weighted by molar-refractivity contribution is 5.88. The first kappa shape index (κ1) is 15.3. The van der Waals surface area contributed by atoms with Crippen LogP contribution in [-0.4, -0.2) is 17.7 Å². The maximum Gasteiger partial charge on any atom is 0.131 e. The van der Waals surface area contributed by atoms with Gasteiger partial charge in [-0.1, -0.05) is 24.3 Å². The molecule has 0 atom stereocenters. The van der Waals surface area contributed by atoms with Crippen molar-refractivity contribution < 1.29 is 9.47 Å². The minimum Gasteiger partial charge on any atom is -0.496 e. The van der Waals surface area contributed by atoms with Crippen molar-refractivity contribution in [3.05, 3.63) is 54.6 Å². The second-order valence-corrected chi connectivity index (χ2v) is 6.44. The van der Waals surface area contributed by atoms with Gasteiger partial charge in [0.1, 0.15) is 17.1 Å². The van der Waals surface area contributed by atoms with Gasteiger partial charge in [-0.25, -0.2) is 4.98 Å². The molecule has 0 amide bonds. The van der Waals surface area contributed by atoms with E-state index in [0.717, 1.165) is 33.7 Å². The first-order valence-corrected chi connectivity index (χ1v) is 7.70.